The molecule has 2 aromatic heterocycles. The summed E-state index contributed by atoms with van der Waals surface area (Å²) in [5, 5.41) is 3.24. The highest BCUT2D eigenvalue weighted by Gasteiger charge is 2.15. The van der Waals surface area contributed by atoms with Crippen LogP contribution in [0.2, 0.25) is 4.34 Å². The third-order valence-electron chi connectivity index (χ3n) is 2.69. The Morgan fingerprint density at radius 1 is 1.24 bits per heavy atom. The van der Waals surface area contributed by atoms with E-state index in [-0.39, 0.29) is 4.21 Å². The van der Waals surface area contributed by atoms with Gasteiger partial charge in [0.2, 0.25) is 10.0 Å². The highest BCUT2D eigenvalue weighted by molar-refractivity contribution is 7.91. The second-order valence-electron chi connectivity index (χ2n) is 4.35. The van der Waals surface area contributed by atoms with E-state index in [4.69, 9.17) is 11.6 Å². The third-order valence-corrected chi connectivity index (χ3v) is 5.87. The van der Waals surface area contributed by atoms with Gasteiger partial charge >= 0.3 is 0 Å². The lowest BCUT2D eigenvalue weighted by Crippen LogP contribution is -2.26. The molecule has 0 aliphatic heterocycles. The maximum atomic E-state index is 11.9. The van der Waals surface area contributed by atoms with Crippen molar-refractivity contribution < 1.29 is 8.42 Å². The fourth-order valence-electron chi connectivity index (χ4n) is 1.67. The summed E-state index contributed by atoms with van der Waals surface area (Å²) in [6.45, 7) is 1.83. The van der Waals surface area contributed by atoms with Gasteiger partial charge in [-0.05, 0) is 36.7 Å². The number of nitrogens with one attached hydrogen (secondary N) is 2. The van der Waals surface area contributed by atoms with Crippen molar-refractivity contribution in [3.63, 3.8) is 0 Å². The minimum absolute atomic E-state index is 0.246. The van der Waals surface area contributed by atoms with Gasteiger partial charge in [-0.25, -0.2) is 13.1 Å². The third kappa shape index (κ3) is 5.37. The van der Waals surface area contributed by atoms with E-state index in [1.54, 1.807) is 18.5 Å². The summed E-state index contributed by atoms with van der Waals surface area (Å²) < 4.78 is 27.1. The Labute approximate surface area is 133 Å². The lowest BCUT2D eigenvalue weighted by molar-refractivity contribution is 0.575. The van der Waals surface area contributed by atoms with Crippen LogP contribution in [0, 0.1) is 0 Å². The molecule has 2 aromatic rings. The first-order valence-corrected chi connectivity index (χ1v) is 9.10. The van der Waals surface area contributed by atoms with Crippen LogP contribution in [-0.2, 0) is 16.6 Å². The van der Waals surface area contributed by atoms with Crippen molar-refractivity contribution in [2.24, 2.45) is 0 Å². The predicted octanol–water partition coefficient (Wildman–Crippen LogP) is 2.25. The minimum atomic E-state index is -3.43. The highest BCUT2D eigenvalue weighted by Crippen LogP contribution is 2.25. The molecule has 0 spiro atoms. The zero-order valence-electron chi connectivity index (χ0n) is 11.3. The summed E-state index contributed by atoms with van der Waals surface area (Å²) in [5.74, 6) is 0. The smallest absolute Gasteiger partial charge is 0.250 e. The summed E-state index contributed by atoms with van der Waals surface area (Å²) in [6, 6.07) is 6.97. The van der Waals surface area contributed by atoms with Crippen molar-refractivity contribution in [1.82, 2.24) is 15.0 Å². The molecule has 0 amide bonds. The molecule has 0 saturated carbocycles. The van der Waals surface area contributed by atoms with E-state index in [0.29, 0.717) is 17.3 Å². The summed E-state index contributed by atoms with van der Waals surface area (Å²) in [6.07, 6.45) is 4.24. The first-order valence-electron chi connectivity index (χ1n) is 6.42. The summed E-state index contributed by atoms with van der Waals surface area (Å²) in [5.41, 5.74) is 1.10. The van der Waals surface area contributed by atoms with Gasteiger partial charge in [0.15, 0.2) is 0 Å². The Morgan fingerprint density at radius 2 is 2.10 bits per heavy atom. The number of aromatic nitrogens is 1. The Bertz CT molecular complexity index is 659. The zero-order chi connectivity index (χ0) is 15.1. The van der Waals surface area contributed by atoms with E-state index in [2.05, 4.69) is 15.0 Å². The number of rotatable bonds is 8. The van der Waals surface area contributed by atoms with Crippen LogP contribution < -0.4 is 10.0 Å². The van der Waals surface area contributed by atoms with Gasteiger partial charge in [0.25, 0.3) is 0 Å². The van der Waals surface area contributed by atoms with Gasteiger partial charge in [-0.3, -0.25) is 4.98 Å². The Hall–Kier alpha value is -0.990. The van der Waals surface area contributed by atoms with Gasteiger partial charge in [0.05, 0.1) is 4.34 Å². The second-order valence-corrected chi connectivity index (χ2v) is 8.06. The Morgan fingerprint density at radius 3 is 2.76 bits per heavy atom. The first-order chi connectivity index (χ1) is 10.1. The molecule has 8 heteroatoms. The van der Waals surface area contributed by atoms with Crippen LogP contribution in [0.25, 0.3) is 0 Å². The van der Waals surface area contributed by atoms with Crippen LogP contribution in [0.4, 0.5) is 0 Å². The van der Waals surface area contributed by atoms with E-state index in [1.165, 1.54) is 6.07 Å². The van der Waals surface area contributed by atoms with Crippen molar-refractivity contribution in [3.05, 3.63) is 46.6 Å². The highest BCUT2D eigenvalue weighted by atomic mass is 35.5. The van der Waals surface area contributed by atoms with Crippen LogP contribution in [0.15, 0.2) is 40.9 Å². The van der Waals surface area contributed by atoms with Gasteiger partial charge in [0, 0.05) is 25.5 Å². The molecular weight excluding hydrogens is 330 g/mol. The van der Waals surface area contributed by atoms with Crippen molar-refractivity contribution in [2.75, 3.05) is 13.1 Å². The number of hydrogen-bond acceptors (Lipinski definition) is 5. The predicted molar refractivity (Wildman–Crippen MR) is 85.1 cm³/mol. The number of halogens is 1. The van der Waals surface area contributed by atoms with Crippen LogP contribution in [0.5, 0.6) is 0 Å². The monoisotopic (exact) mass is 345 g/mol. The van der Waals surface area contributed by atoms with Crippen LogP contribution in [-0.4, -0.2) is 26.5 Å². The number of nitrogens with zero attached hydrogens (tertiary/aromatic N) is 1. The van der Waals surface area contributed by atoms with Crippen LogP contribution in [0.1, 0.15) is 12.0 Å². The molecule has 0 unspecified atom stereocenters. The molecule has 2 heterocycles. The number of hydrogen-bond donors (Lipinski definition) is 2. The van der Waals surface area contributed by atoms with Crippen molar-refractivity contribution in [3.8, 4) is 0 Å². The topological polar surface area (TPSA) is 71.1 Å². The number of sulfonamides is 1. The summed E-state index contributed by atoms with van der Waals surface area (Å²) >= 11 is 6.79. The van der Waals surface area contributed by atoms with Gasteiger partial charge in [-0.2, -0.15) is 0 Å². The quantitative estimate of drug-likeness (QED) is 0.720. The second kappa shape index (κ2) is 7.86. The lowest BCUT2D eigenvalue weighted by atomic mass is 10.3. The molecule has 114 valence electrons. The molecule has 0 fully saturated rings. The Kier molecular flexibility index (Phi) is 6.13. The van der Waals surface area contributed by atoms with Crippen LogP contribution >= 0.6 is 22.9 Å². The summed E-state index contributed by atoms with van der Waals surface area (Å²) in [4.78, 5) is 4.03. The molecule has 0 aliphatic rings. The molecule has 2 rings (SSSR count). The molecule has 2 N–H and O–H groups in total. The van der Waals surface area contributed by atoms with Gasteiger partial charge < -0.3 is 5.32 Å². The molecular formula is C13H16ClN3O2S2. The maximum absolute atomic E-state index is 11.9. The normalized spacial score (nSPS) is 11.7. The Balaban J connectivity index is 1.66. The zero-order valence-corrected chi connectivity index (χ0v) is 13.6. The molecule has 5 nitrogen and oxygen atoms in total. The fraction of sp³-hybridized carbons (Fsp3) is 0.308. The largest absolute Gasteiger partial charge is 0.313 e. The molecule has 0 aliphatic carbocycles. The molecule has 0 bridgehead atoms. The first kappa shape index (κ1) is 16.4. The maximum Gasteiger partial charge on any atom is 0.250 e. The van der Waals surface area contributed by atoms with E-state index < -0.39 is 10.0 Å². The standard InChI is InChI=1S/C13H16ClN3O2S2/c14-12-4-5-13(20-12)21(18,19)17-8-2-7-16-10-11-3-1-6-15-9-11/h1,3-6,9,16-17H,2,7-8,10H2. The van der Waals surface area contributed by atoms with E-state index in [1.807, 2.05) is 12.1 Å². The van der Waals surface area contributed by atoms with E-state index >= 15 is 0 Å². The SMILES string of the molecule is O=S(=O)(NCCCNCc1cccnc1)c1ccc(Cl)s1. The van der Waals surface area contributed by atoms with Crippen molar-refractivity contribution in [2.45, 2.75) is 17.2 Å². The average Bonchev–Trinajstić information content (AvgIpc) is 2.91. The lowest BCUT2D eigenvalue weighted by Gasteiger charge is -2.06. The van der Waals surface area contributed by atoms with Crippen LogP contribution in [0.3, 0.4) is 0 Å². The molecule has 21 heavy (non-hydrogen) atoms. The van der Waals surface area contributed by atoms with Gasteiger partial charge in [-0.15, -0.1) is 11.3 Å². The van der Waals surface area contributed by atoms with Gasteiger partial charge in [-0.1, -0.05) is 17.7 Å². The van der Waals surface area contributed by atoms with Crippen molar-refractivity contribution >= 4 is 33.0 Å². The fourth-order valence-corrected chi connectivity index (χ4v) is 4.27. The van der Waals surface area contributed by atoms with E-state index in [9.17, 15) is 8.42 Å². The number of pyridine rings is 1. The van der Waals surface area contributed by atoms with Gasteiger partial charge in [0.1, 0.15) is 4.21 Å². The minimum Gasteiger partial charge on any atom is -0.313 e. The number of thiophene rings is 1. The summed E-state index contributed by atoms with van der Waals surface area (Å²) in [7, 11) is -3.43. The average molecular weight is 346 g/mol. The molecule has 0 aromatic carbocycles. The molecule has 0 radical (unpaired) electrons. The molecule has 0 atom stereocenters. The van der Waals surface area contributed by atoms with E-state index in [0.717, 1.165) is 30.0 Å². The molecule has 0 saturated heterocycles. The van der Waals surface area contributed by atoms with Crippen molar-refractivity contribution in [1.29, 1.82) is 0 Å².